The Morgan fingerprint density at radius 2 is 1.64 bits per heavy atom. The average molecular weight is 409 g/mol. The molecule has 0 amide bonds. The fraction of sp³-hybridized carbons (Fsp3) is 1.00. The predicted octanol–water partition coefficient (Wildman–Crippen LogP) is 7.70. The van der Waals surface area contributed by atoms with E-state index in [4.69, 9.17) is 0 Å². The normalized spacial score (nSPS) is 54.1. The summed E-state index contributed by atoms with van der Waals surface area (Å²) in [6.07, 6.45) is 15.3. The van der Waals surface area contributed by atoms with Crippen molar-refractivity contribution in [1.82, 2.24) is 0 Å². The van der Waals surface area contributed by atoms with Crippen LogP contribution in [0.3, 0.4) is 0 Å². The average Bonchev–Trinajstić information content (AvgIpc) is 2.58. The minimum atomic E-state index is 0.641. The molecule has 1 heteroatoms. The summed E-state index contributed by atoms with van der Waals surface area (Å²) < 4.78 is 0. The molecule has 0 aromatic carbocycles. The molecule has 25 heavy (non-hydrogen) atoms. The maximum absolute atomic E-state index is 3.82. The van der Waals surface area contributed by atoms with Crippen molar-refractivity contribution in [3.63, 3.8) is 0 Å². The van der Waals surface area contributed by atoms with Crippen LogP contribution < -0.4 is 0 Å². The van der Waals surface area contributed by atoms with Crippen molar-refractivity contribution >= 4 is 15.9 Å². The third-order valence-electron chi connectivity index (χ3n) is 9.98. The third-order valence-corrected chi connectivity index (χ3v) is 11.0. The van der Waals surface area contributed by atoms with Gasteiger partial charge in [0.2, 0.25) is 0 Å². The zero-order valence-electron chi connectivity index (χ0n) is 17.2. The second kappa shape index (κ2) is 6.82. The van der Waals surface area contributed by atoms with Crippen molar-refractivity contribution in [2.75, 3.05) is 5.33 Å². The molecule has 0 spiro atoms. The maximum Gasteiger partial charge on any atom is 0.00598 e. The van der Waals surface area contributed by atoms with Crippen LogP contribution in [0, 0.1) is 52.3 Å². The van der Waals surface area contributed by atoms with Gasteiger partial charge in [-0.05, 0) is 104 Å². The zero-order chi connectivity index (χ0) is 17.8. The SMILES string of the molecule is C[C@H]1CC[C@@H]2C3CC[C@@]4(C)C(CCCC4[C@H](C)CBr)[C@@H]3CC[C@]2(C)C1. The number of rotatable bonds is 2. The Kier molecular flexibility index (Phi) is 5.14. The van der Waals surface area contributed by atoms with E-state index in [0.29, 0.717) is 10.8 Å². The van der Waals surface area contributed by atoms with Crippen molar-refractivity contribution in [1.29, 1.82) is 0 Å². The van der Waals surface area contributed by atoms with E-state index in [0.717, 1.165) is 41.4 Å². The molecule has 0 aromatic rings. The molecule has 0 radical (unpaired) electrons. The van der Waals surface area contributed by atoms with Gasteiger partial charge in [0, 0.05) is 5.33 Å². The molecule has 4 aliphatic carbocycles. The highest BCUT2D eigenvalue weighted by molar-refractivity contribution is 9.09. The molecule has 0 aromatic heterocycles. The van der Waals surface area contributed by atoms with Crippen LogP contribution in [0.2, 0.25) is 0 Å². The predicted molar refractivity (Wildman–Crippen MR) is 112 cm³/mol. The molecule has 9 atom stereocenters. The standard InChI is InChI=1S/C24H41Br/c1-16-8-9-21-18-11-13-24(4)20(17(2)15-25)6-5-7-22(24)19(18)10-12-23(21,3)14-16/h16-22H,5-15H2,1-4H3/t16-,17+,18?,19+,20?,21+,22?,23+,24+/m0/s1. The lowest BCUT2D eigenvalue weighted by Gasteiger charge is -2.63. The molecule has 4 rings (SSSR count). The Bertz CT molecular complexity index is 486. The first-order valence-corrected chi connectivity index (χ1v) is 12.6. The van der Waals surface area contributed by atoms with Gasteiger partial charge in [0.05, 0.1) is 0 Å². The maximum atomic E-state index is 3.82. The molecule has 0 saturated heterocycles. The van der Waals surface area contributed by atoms with Gasteiger partial charge in [-0.3, -0.25) is 0 Å². The van der Waals surface area contributed by atoms with E-state index in [1.807, 2.05) is 0 Å². The Balaban J connectivity index is 1.59. The number of fused-ring (bicyclic) bond motifs is 5. The Morgan fingerprint density at radius 1 is 0.920 bits per heavy atom. The first kappa shape index (κ1) is 18.8. The van der Waals surface area contributed by atoms with Gasteiger partial charge in [-0.1, -0.05) is 56.5 Å². The summed E-state index contributed by atoms with van der Waals surface area (Å²) in [5, 5.41) is 1.20. The summed E-state index contributed by atoms with van der Waals surface area (Å²) in [7, 11) is 0. The van der Waals surface area contributed by atoms with Gasteiger partial charge in [-0.2, -0.15) is 0 Å². The Morgan fingerprint density at radius 3 is 2.40 bits per heavy atom. The van der Waals surface area contributed by atoms with Crippen LogP contribution in [0.15, 0.2) is 0 Å². The highest BCUT2D eigenvalue weighted by atomic mass is 79.9. The largest absolute Gasteiger partial charge is 0.0925 e. The fourth-order valence-electron chi connectivity index (χ4n) is 8.89. The monoisotopic (exact) mass is 408 g/mol. The highest BCUT2D eigenvalue weighted by Crippen LogP contribution is 2.66. The molecule has 144 valence electrons. The second-order valence-electron chi connectivity index (χ2n) is 11.3. The van der Waals surface area contributed by atoms with Gasteiger partial charge in [-0.15, -0.1) is 0 Å². The molecule has 4 aliphatic rings. The summed E-state index contributed by atoms with van der Waals surface area (Å²) in [4.78, 5) is 0. The first-order chi connectivity index (χ1) is 11.9. The Hall–Kier alpha value is 0.480. The lowest BCUT2D eigenvalue weighted by Crippen LogP contribution is -2.55. The topological polar surface area (TPSA) is 0 Å². The molecule has 0 aliphatic heterocycles. The zero-order valence-corrected chi connectivity index (χ0v) is 18.8. The van der Waals surface area contributed by atoms with E-state index >= 15 is 0 Å². The first-order valence-electron chi connectivity index (χ1n) is 11.4. The van der Waals surface area contributed by atoms with Crippen LogP contribution >= 0.6 is 15.9 Å². The molecular weight excluding hydrogens is 368 g/mol. The van der Waals surface area contributed by atoms with E-state index in [-0.39, 0.29) is 0 Å². The van der Waals surface area contributed by atoms with Gasteiger partial charge in [0.25, 0.3) is 0 Å². The van der Waals surface area contributed by atoms with Crippen molar-refractivity contribution in [2.45, 2.75) is 91.9 Å². The van der Waals surface area contributed by atoms with Gasteiger partial charge in [-0.25, -0.2) is 0 Å². The van der Waals surface area contributed by atoms with Crippen LogP contribution in [0.1, 0.15) is 91.9 Å². The van der Waals surface area contributed by atoms with E-state index < -0.39 is 0 Å². The lowest BCUT2D eigenvalue weighted by molar-refractivity contribution is -0.139. The van der Waals surface area contributed by atoms with Crippen LogP contribution in [0.5, 0.6) is 0 Å². The summed E-state index contributed by atoms with van der Waals surface area (Å²) in [6.45, 7) is 10.4. The number of hydrogen-bond donors (Lipinski definition) is 0. The molecule has 0 heterocycles. The molecule has 4 fully saturated rings. The fourth-order valence-corrected chi connectivity index (χ4v) is 9.34. The minimum Gasteiger partial charge on any atom is -0.0925 e. The van der Waals surface area contributed by atoms with Crippen molar-refractivity contribution < 1.29 is 0 Å². The second-order valence-corrected chi connectivity index (χ2v) is 12.0. The Labute approximate surface area is 165 Å². The van der Waals surface area contributed by atoms with Crippen LogP contribution in [0.25, 0.3) is 0 Å². The molecule has 0 bridgehead atoms. The van der Waals surface area contributed by atoms with Crippen LogP contribution in [0.4, 0.5) is 0 Å². The molecule has 0 N–H and O–H groups in total. The van der Waals surface area contributed by atoms with Crippen LogP contribution in [-0.4, -0.2) is 5.33 Å². The summed E-state index contributed by atoms with van der Waals surface area (Å²) >= 11 is 3.82. The smallest absolute Gasteiger partial charge is 0.00598 e. The van der Waals surface area contributed by atoms with Crippen molar-refractivity contribution in [3.8, 4) is 0 Å². The summed E-state index contributed by atoms with van der Waals surface area (Å²) in [6, 6.07) is 0. The van der Waals surface area contributed by atoms with Gasteiger partial charge in [0.15, 0.2) is 0 Å². The van der Waals surface area contributed by atoms with Crippen molar-refractivity contribution in [3.05, 3.63) is 0 Å². The number of halogens is 1. The molecule has 3 unspecified atom stereocenters. The van der Waals surface area contributed by atoms with Gasteiger partial charge >= 0.3 is 0 Å². The molecular formula is C24H41Br. The van der Waals surface area contributed by atoms with E-state index in [1.165, 1.54) is 43.9 Å². The number of hydrogen-bond acceptors (Lipinski definition) is 0. The highest BCUT2D eigenvalue weighted by Gasteiger charge is 2.58. The van der Waals surface area contributed by atoms with E-state index in [9.17, 15) is 0 Å². The van der Waals surface area contributed by atoms with Gasteiger partial charge < -0.3 is 0 Å². The number of alkyl halides is 1. The molecule has 4 saturated carbocycles. The summed E-state index contributed by atoms with van der Waals surface area (Å²) in [5.74, 6) is 7.03. The van der Waals surface area contributed by atoms with E-state index in [2.05, 4.69) is 43.6 Å². The van der Waals surface area contributed by atoms with Crippen molar-refractivity contribution in [2.24, 2.45) is 52.3 Å². The quantitative estimate of drug-likeness (QED) is 0.410. The summed E-state index contributed by atoms with van der Waals surface area (Å²) in [5.41, 5.74) is 1.33. The van der Waals surface area contributed by atoms with E-state index in [1.54, 1.807) is 25.7 Å². The lowest BCUT2D eigenvalue weighted by atomic mass is 9.42. The third kappa shape index (κ3) is 2.98. The molecule has 0 nitrogen and oxygen atoms in total. The van der Waals surface area contributed by atoms with Gasteiger partial charge in [0.1, 0.15) is 0 Å². The minimum absolute atomic E-state index is 0.641. The van der Waals surface area contributed by atoms with Crippen LogP contribution in [-0.2, 0) is 0 Å².